The standard InChI is InChI=1S/C32H47N3O5/c1-10-11-18-35(30(38)25(19-20(2)3)33-31(39)40-32(7,8)9)27(24-17-13-16-23(6)28(24)36)29(37)34-26-21(4)14-12-15-22(26)5/h12-17,20,25,27,36H,10-11,18-19H2,1-9H3,(H,33,39)(H,34,37). The molecule has 3 N–H and O–H groups in total. The van der Waals surface area contributed by atoms with Crippen LogP contribution in [-0.4, -0.2) is 46.1 Å². The summed E-state index contributed by atoms with van der Waals surface area (Å²) >= 11 is 0. The highest BCUT2D eigenvalue weighted by Crippen LogP contribution is 2.34. The molecule has 0 fully saturated rings. The fourth-order valence-electron chi connectivity index (χ4n) is 4.59. The Morgan fingerprint density at radius 1 is 0.975 bits per heavy atom. The number of phenolic OH excluding ortho intramolecular Hbond substituents is 1. The number of anilines is 1. The van der Waals surface area contributed by atoms with E-state index >= 15 is 0 Å². The maximum absolute atomic E-state index is 14.3. The van der Waals surface area contributed by atoms with Crippen LogP contribution in [0.15, 0.2) is 36.4 Å². The van der Waals surface area contributed by atoms with Gasteiger partial charge in [0.15, 0.2) is 0 Å². The number of aryl methyl sites for hydroxylation is 3. The summed E-state index contributed by atoms with van der Waals surface area (Å²) in [7, 11) is 0. The number of ether oxygens (including phenoxy) is 1. The third kappa shape index (κ3) is 9.00. The summed E-state index contributed by atoms with van der Waals surface area (Å²) in [6, 6.07) is 8.86. The van der Waals surface area contributed by atoms with E-state index in [2.05, 4.69) is 10.6 Å². The van der Waals surface area contributed by atoms with Crippen molar-refractivity contribution in [3.63, 3.8) is 0 Å². The Morgan fingerprint density at radius 2 is 1.55 bits per heavy atom. The second-order valence-corrected chi connectivity index (χ2v) is 11.9. The van der Waals surface area contributed by atoms with Crippen LogP contribution in [0, 0.1) is 26.7 Å². The number of phenols is 1. The molecular formula is C32H47N3O5. The van der Waals surface area contributed by atoms with Crippen LogP contribution >= 0.6 is 0 Å². The van der Waals surface area contributed by atoms with Crippen molar-refractivity contribution in [3.05, 3.63) is 58.7 Å². The molecule has 2 aromatic carbocycles. The van der Waals surface area contributed by atoms with E-state index in [9.17, 15) is 19.5 Å². The fourth-order valence-corrected chi connectivity index (χ4v) is 4.59. The largest absolute Gasteiger partial charge is 0.507 e. The lowest BCUT2D eigenvalue weighted by atomic mass is 9.96. The highest BCUT2D eigenvalue weighted by Gasteiger charge is 2.38. The van der Waals surface area contributed by atoms with Gasteiger partial charge in [0, 0.05) is 17.8 Å². The number of rotatable bonds is 11. The molecule has 0 heterocycles. The summed E-state index contributed by atoms with van der Waals surface area (Å²) in [5.41, 5.74) is 2.62. The molecule has 0 aliphatic carbocycles. The minimum Gasteiger partial charge on any atom is -0.507 e. The molecule has 0 bridgehead atoms. The van der Waals surface area contributed by atoms with Crippen molar-refractivity contribution in [2.24, 2.45) is 5.92 Å². The number of aromatic hydroxyl groups is 1. The Morgan fingerprint density at radius 3 is 2.10 bits per heavy atom. The summed E-state index contributed by atoms with van der Waals surface area (Å²) in [5.74, 6) is -0.816. The highest BCUT2D eigenvalue weighted by molar-refractivity contribution is 6.00. The number of hydrogen-bond donors (Lipinski definition) is 3. The van der Waals surface area contributed by atoms with Crippen molar-refractivity contribution >= 4 is 23.6 Å². The van der Waals surface area contributed by atoms with Gasteiger partial charge in [-0.05, 0) is 77.0 Å². The smallest absolute Gasteiger partial charge is 0.408 e. The average molecular weight is 554 g/mol. The van der Waals surface area contributed by atoms with Crippen LogP contribution in [0.2, 0.25) is 0 Å². The number of para-hydroxylation sites is 2. The summed E-state index contributed by atoms with van der Waals surface area (Å²) in [5, 5.41) is 16.9. The van der Waals surface area contributed by atoms with Gasteiger partial charge in [0.2, 0.25) is 5.91 Å². The predicted octanol–water partition coefficient (Wildman–Crippen LogP) is 6.57. The van der Waals surface area contributed by atoms with E-state index in [1.807, 2.05) is 52.8 Å². The molecule has 2 aromatic rings. The fraction of sp³-hybridized carbons (Fsp3) is 0.531. The van der Waals surface area contributed by atoms with Gasteiger partial charge in [0.05, 0.1) is 0 Å². The third-order valence-corrected chi connectivity index (χ3v) is 6.58. The molecule has 2 atom stereocenters. The molecule has 8 nitrogen and oxygen atoms in total. The van der Waals surface area contributed by atoms with Gasteiger partial charge in [0.25, 0.3) is 5.91 Å². The molecule has 0 spiro atoms. The van der Waals surface area contributed by atoms with E-state index in [0.29, 0.717) is 29.7 Å². The lowest BCUT2D eigenvalue weighted by Gasteiger charge is -2.35. The lowest BCUT2D eigenvalue weighted by Crippen LogP contribution is -2.53. The van der Waals surface area contributed by atoms with Crippen LogP contribution in [0.1, 0.15) is 89.1 Å². The monoisotopic (exact) mass is 553 g/mol. The molecule has 8 heteroatoms. The second kappa shape index (κ2) is 14.2. The Hall–Kier alpha value is -3.55. The van der Waals surface area contributed by atoms with Gasteiger partial charge in [-0.15, -0.1) is 0 Å². The highest BCUT2D eigenvalue weighted by atomic mass is 16.6. The van der Waals surface area contributed by atoms with Crippen molar-refractivity contribution in [1.82, 2.24) is 10.2 Å². The normalized spacial score (nSPS) is 12.9. The molecule has 0 radical (unpaired) electrons. The van der Waals surface area contributed by atoms with Crippen LogP contribution in [0.25, 0.3) is 0 Å². The Balaban J connectivity index is 2.63. The van der Waals surface area contributed by atoms with E-state index in [1.54, 1.807) is 45.9 Å². The van der Waals surface area contributed by atoms with Crippen molar-refractivity contribution in [2.75, 3.05) is 11.9 Å². The minimum absolute atomic E-state index is 0.0426. The Labute approximate surface area is 239 Å². The first-order valence-corrected chi connectivity index (χ1v) is 14.1. The predicted molar refractivity (Wildman–Crippen MR) is 159 cm³/mol. The number of alkyl carbamates (subject to hydrolysis) is 1. The Bertz CT molecular complexity index is 1170. The van der Waals surface area contributed by atoms with Crippen LogP contribution in [0.3, 0.4) is 0 Å². The number of nitrogens with one attached hydrogen (secondary N) is 2. The van der Waals surface area contributed by atoms with Gasteiger partial charge < -0.3 is 25.4 Å². The molecule has 0 aromatic heterocycles. The topological polar surface area (TPSA) is 108 Å². The number of unbranched alkanes of at least 4 members (excludes halogenated alkanes) is 1. The molecule has 40 heavy (non-hydrogen) atoms. The molecule has 0 aliphatic rings. The van der Waals surface area contributed by atoms with Gasteiger partial charge in [-0.2, -0.15) is 0 Å². The number of carbonyl (C=O) groups is 3. The first-order valence-electron chi connectivity index (χ1n) is 14.1. The van der Waals surface area contributed by atoms with Crippen molar-refractivity contribution in [2.45, 2.75) is 99.3 Å². The SMILES string of the molecule is CCCCN(C(=O)C(CC(C)C)NC(=O)OC(C)(C)C)C(C(=O)Nc1c(C)cccc1C)c1cccc(C)c1O. The van der Waals surface area contributed by atoms with Gasteiger partial charge in [-0.1, -0.05) is 63.6 Å². The van der Waals surface area contributed by atoms with Gasteiger partial charge >= 0.3 is 6.09 Å². The van der Waals surface area contributed by atoms with E-state index in [-0.39, 0.29) is 18.2 Å². The Kier molecular flexibility index (Phi) is 11.6. The zero-order valence-electron chi connectivity index (χ0n) is 25.6. The van der Waals surface area contributed by atoms with E-state index < -0.39 is 35.6 Å². The van der Waals surface area contributed by atoms with Crippen molar-refractivity contribution in [1.29, 1.82) is 0 Å². The van der Waals surface area contributed by atoms with Gasteiger partial charge in [-0.25, -0.2) is 4.79 Å². The van der Waals surface area contributed by atoms with E-state index in [4.69, 9.17) is 4.74 Å². The van der Waals surface area contributed by atoms with Crippen molar-refractivity contribution < 1.29 is 24.2 Å². The molecule has 220 valence electrons. The maximum Gasteiger partial charge on any atom is 0.408 e. The number of carbonyl (C=O) groups excluding carboxylic acids is 3. The summed E-state index contributed by atoms with van der Waals surface area (Å²) in [4.78, 5) is 42.6. The maximum atomic E-state index is 14.3. The van der Waals surface area contributed by atoms with E-state index in [1.165, 1.54) is 4.90 Å². The zero-order chi connectivity index (χ0) is 30.2. The summed E-state index contributed by atoms with van der Waals surface area (Å²) < 4.78 is 5.45. The lowest BCUT2D eigenvalue weighted by molar-refractivity contribution is -0.141. The van der Waals surface area contributed by atoms with Crippen LogP contribution in [0.4, 0.5) is 10.5 Å². The van der Waals surface area contributed by atoms with Crippen LogP contribution < -0.4 is 10.6 Å². The number of nitrogens with zero attached hydrogens (tertiary/aromatic N) is 1. The van der Waals surface area contributed by atoms with Gasteiger partial charge in [0.1, 0.15) is 23.4 Å². The molecule has 0 saturated carbocycles. The third-order valence-electron chi connectivity index (χ3n) is 6.58. The number of hydrogen-bond acceptors (Lipinski definition) is 5. The number of amides is 3. The molecule has 0 saturated heterocycles. The first kappa shape index (κ1) is 32.7. The molecular weight excluding hydrogens is 506 g/mol. The number of benzene rings is 2. The molecule has 0 aliphatic heterocycles. The van der Waals surface area contributed by atoms with Crippen LogP contribution in [0.5, 0.6) is 5.75 Å². The van der Waals surface area contributed by atoms with Crippen LogP contribution in [-0.2, 0) is 14.3 Å². The molecule has 3 amide bonds. The van der Waals surface area contributed by atoms with Crippen molar-refractivity contribution in [3.8, 4) is 5.75 Å². The van der Waals surface area contributed by atoms with E-state index in [0.717, 1.165) is 17.5 Å². The minimum atomic E-state index is -1.13. The quantitative estimate of drug-likeness (QED) is 0.292. The molecule has 2 rings (SSSR count). The summed E-state index contributed by atoms with van der Waals surface area (Å²) in [6.07, 6.45) is 1.07. The summed E-state index contributed by atoms with van der Waals surface area (Å²) in [6.45, 7) is 17.0. The second-order valence-electron chi connectivity index (χ2n) is 11.9. The first-order chi connectivity index (χ1) is 18.7. The average Bonchev–Trinajstić information content (AvgIpc) is 2.84. The van der Waals surface area contributed by atoms with Gasteiger partial charge in [-0.3, -0.25) is 9.59 Å². The molecule has 2 unspecified atom stereocenters. The zero-order valence-corrected chi connectivity index (χ0v) is 25.6.